The Bertz CT molecular complexity index is 252. The Morgan fingerprint density at radius 2 is 2.36 bits per heavy atom. The molecule has 0 spiro atoms. The van der Waals surface area contributed by atoms with E-state index >= 15 is 0 Å². The Balaban J connectivity index is 2.90. The van der Waals surface area contributed by atoms with Crippen LogP contribution in [0.4, 0.5) is 0 Å². The van der Waals surface area contributed by atoms with E-state index in [1.54, 1.807) is 0 Å². The lowest BCUT2D eigenvalue weighted by molar-refractivity contribution is 0.464. The molecule has 0 unspecified atom stereocenters. The van der Waals surface area contributed by atoms with Crippen LogP contribution in [-0.2, 0) is 6.42 Å². The SMILES string of the molecule is NCCc1ncc(Cl)cc1O. The van der Waals surface area contributed by atoms with E-state index in [4.69, 9.17) is 17.3 Å². The molecule has 0 aromatic carbocycles. The number of halogens is 1. The zero-order valence-electron chi connectivity index (χ0n) is 5.92. The molecule has 4 heteroatoms. The van der Waals surface area contributed by atoms with Crippen molar-refractivity contribution in [3.63, 3.8) is 0 Å². The number of hydrogen-bond acceptors (Lipinski definition) is 3. The van der Waals surface area contributed by atoms with Crippen molar-refractivity contribution < 1.29 is 5.11 Å². The molecule has 0 saturated carbocycles. The summed E-state index contributed by atoms with van der Waals surface area (Å²) in [6.45, 7) is 0.474. The standard InChI is InChI=1S/C7H9ClN2O/c8-5-3-7(11)6(1-2-9)10-4-5/h3-4,11H,1-2,9H2. The van der Waals surface area contributed by atoms with E-state index in [1.165, 1.54) is 12.3 Å². The summed E-state index contributed by atoms with van der Waals surface area (Å²) >= 11 is 5.56. The molecule has 0 aliphatic rings. The zero-order chi connectivity index (χ0) is 8.27. The van der Waals surface area contributed by atoms with Gasteiger partial charge in [-0.25, -0.2) is 0 Å². The first-order valence-electron chi connectivity index (χ1n) is 3.27. The normalized spacial score (nSPS) is 10.0. The van der Waals surface area contributed by atoms with Crippen LogP contribution in [0.25, 0.3) is 0 Å². The Labute approximate surface area is 69.8 Å². The highest BCUT2D eigenvalue weighted by Gasteiger charge is 2.01. The van der Waals surface area contributed by atoms with Crippen molar-refractivity contribution >= 4 is 11.6 Å². The number of nitrogens with zero attached hydrogens (tertiary/aromatic N) is 1. The lowest BCUT2D eigenvalue weighted by atomic mass is 10.2. The van der Waals surface area contributed by atoms with E-state index in [2.05, 4.69) is 4.98 Å². The smallest absolute Gasteiger partial charge is 0.138 e. The number of nitrogens with two attached hydrogens (primary N) is 1. The van der Waals surface area contributed by atoms with Crippen LogP contribution in [0.1, 0.15) is 5.69 Å². The first kappa shape index (κ1) is 8.30. The highest BCUT2D eigenvalue weighted by atomic mass is 35.5. The van der Waals surface area contributed by atoms with E-state index in [1.807, 2.05) is 0 Å². The molecule has 0 fully saturated rings. The molecule has 0 radical (unpaired) electrons. The van der Waals surface area contributed by atoms with Gasteiger partial charge in [-0.15, -0.1) is 0 Å². The molecule has 0 bridgehead atoms. The fourth-order valence-corrected chi connectivity index (χ4v) is 0.938. The number of pyridine rings is 1. The van der Waals surface area contributed by atoms with Gasteiger partial charge in [-0.05, 0) is 6.54 Å². The number of aromatic nitrogens is 1. The van der Waals surface area contributed by atoms with E-state index in [9.17, 15) is 5.11 Å². The molecule has 1 heterocycles. The van der Waals surface area contributed by atoms with Crippen LogP contribution in [0.15, 0.2) is 12.3 Å². The maximum absolute atomic E-state index is 9.22. The summed E-state index contributed by atoms with van der Waals surface area (Å²) in [5, 5.41) is 9.65. The van der Waals surface area contributed by atoms with Crippen molar-refractivity contribution in [2.45, 2.75) is 6.42 Å². The molecule has 60 valence electrons. The third-order valence-corrected chi connectivity index (χ3v) is 1.50. The molecule has 3 nitrogen and oxygen atoms in total. The van der Waals surface area contributed by atoms with Crippen LogP contribution >= 0.6 is 11.6 Å². The van der Waals surface area contributed by atoms with Gasteiger partial charge in [0.25, 0.3) is 0 Å². The summed E-state index contributed by atoms with van der Waals surface area (Å²) in [5.74, 6) is 0.114. The minimum atomic E-state index is 0.114. The van der Waals surface area contributed by atoms with E-state index < -0.39 is 0 Å². The molecule has 1 rings (SSSR count). The van der Waals surface area contributed by atoms with Crippen molar-refractivity contribution in [3.8, 4) is 5.75 Å². The molecule has 1 aromatic rings. The van der Waals surface area contributed by atoms with Gasteiger partial charge < -0.3 is 10.8 Å². The quantitative estimate of drug-likeness (QED) is 0.698. The third kappa shape index (κ3) is 2.06. The summed E-state index contributed by atoms with van der Waals surface area (Å²) in [6, 6.07) is 1.46. The van der Waals surface area contributed by atoms with Gasteiger partial charge in [-0.2, -0.15) is 0 Å². The average molecular weight is 173 g/mol. The van der Waals surface area contributed by atoms with Crippen LogP contribution < -0.4 is 5.73 Å². The van der Waals surface area contributed by atoms with Crippen LogP contribution in [0.3, 0.4) is 0 Å². The molecule has 0 atom stereocenters. The van der Waals surface area contributed by atoms with Crippen LogP contribution in [0.2, 0.25) is 5.02 Å². The van der Waals surface area contributed by atoms with Crippen molar-refractivity contribution in [2.24, 2.45) is 5.73 Å². The molecule has 1 aromatic heterocycles. The first-order chi connectivity index (χ1) is 5.24. The second kappa shape index (κ2) is 3.55. The average Bonchev–Trinajstić information content (AvgIpc) is 1.95. The summed E-state index contributed by atoms with van der Waals surface area (Å²) < 4.78 is 0. The minimum Gasteiger partial charge on any atom is -0.506 e. The Morgan fingerprint density at radius 3 is 2.91 bits per heavy atom. The van der Waals surface area contributed by atoms with Crippen LogP contribution in [0.5, 0.6) is 5.75 Å². The van der Waals surface area contributed by atoms with E-state index in [0.29, 0.717) is 23.7 Å². The summed E-state index contributed by atoms with van der Waals surface area (Å²) in [5.41, 5.74) is 5.88. The van der Waals surface area contributed by atoms with Crippen LogP contribution in [0, 0.1) is 0 Å². The molecule has 0 aliphatic carbocycles. The third-order valence-electron chi connectivity index (χ3n) is 1.30. The molecule has 11 heavy (non-hydrogen) atoms. The van der Waals surface area contributed by atoms with Gasteiger partial charge >= 0.3 is 0 Å². The second-order valence-electron chi connectivity index (χ2n) is 2.16. The first-order valence-corrected chi connectivity index (χ1v) is 3.65. The van der Waals surface area contributed by atoms with Crippen molar-refractivity contribution in [2.75, 3.05) is 6.54 Å². The highest BCUT2D eigenvalue weighted by molar-refractivity contribution is 6.30. The van der Waals surface area contributed by atoms with Gasteiger partial charge in [0.2, 0.25) is 0 Å². The predicted molar refractivity (Wildman–Crippen MR) is 43.7 cm³/mol. The van der Waals surface area contributed by atoms with E-state index in [0.717, 1.165) is 0 Å². The maximum Gasteiger partial charge on any atom is 0.138 e. The molecular formula is C7H9ClN2O. The van der Waals surface area contributed by atoms with Crippen molar-refractivity contribution in [3.05, 3.63) is 23.0 Å². The maximum atomic E-state index is 9.22. The Kier molecular flexibility index (Phi) is 2.68. The van der Waals surface area contributed by atoms with Crippen molar-refractivity contribution in [1.29, 1.82) is 0 Å². The summed E-state index contributed by atoms with van der Waals surface area (Å²) in [7, 11) is 0. The minimum absolute atomic E-state index is 0.114. The number of aromatic hydroxyl groups is 1. The Morgan fingerprint density at radius 1 is 1.64 bits per heavy atom. The fraction of sp³-hybridized carbons (Fsp3) is 0.286. The van der Waals surface area contributed by atoms with E-state index in [-0.39, 0.29) is 5.75 Å². The number of hydrogen-bond donors (Lipinski definition) is 2. The predicted octanol–water partition coefficient (Wildman–Crippen LogP) is 0.942. The molecule has 0 amide bonds. The summed E-state index contributed by atoms with van der Waals surface area (Å²) in [6.07, 6.45) is 2.06. The highest BCUT2D eigenvalue weighted by Crippen LogP contribution is 2.18. The van der Waals surface area contributed by atoms with Gasteiger partial charge in [0.1, 0.15) is 5.75 Å². The molecular weight excluding hydrogens is 164 g/mol. The topological polar surface area (TPSA) is 59.1 Å². The lowest BCUT2D eigenvalue weighted by Crippen LogP contribution is -2.04. The van der Waals surface area contributed by atoms with Gasteiger partial charge in [0.05, 0.1) is 10.7 Å². The van der Waals surface area contributed by atoms with Crippen molar-refractivity contribution in [1.82, 2.24) is 4.98 Å². The largest absolute Gasteiger partial charge is 0.506 e. The Hall–Kier alpha value is -0.800. The lowest BCUT2D eigenvalue weighted by Gasteiger charge is -2.00. The van der Waals surface area contributed by atoms with Gasteiger partial charge in [-0.3, -0.25) is 4.98 Å². The number of rotatable bonds is 2. The van der Waals surface area contributed by atoms with Crippen LogP contribution in [-0.4, -0.2) is 16.6 Å². The van der Waals surface area contributed by atoms with Gasteiger partial charge in [-0.1, -0.05) is 11.6 Å². The van der Waals surface area contributed by atoms with Gasteiger partial charge in [0.15, 0.2) is 0 Å². The monoisotopic (exact) mass is 172 g/mol. The summed E-state index contributed by atoms with van der Waals surface area (Å²) in [4.78, 5) is 3.91. The second-order valence-corrected chi connectivity index (χ2v) is 2.59. The molecule has 0 saturated heterocycles. The zero-order valence-corrected chi connectivity index (χ0v) is 6.67. The molecule has 3 N–H and O–H groups in total. The molecule has 0 aliphatic heterocycles. The van der Waals surface area contributed by atoms with Gasteiger partial charge in [0, 0.05) is 18.7 Å². The fourth-order valence-electron chi connectivity index (χ4n) is 0.786.